The number of ether oxygens (including phenoxy) is 2. The minimum atomic E-state index is -0.987. The molecule has 0 unspecified atom stereocenters. The highest BCUT2D eigenvalue weighted by Gasteiger charge is 2.28. The number of benzene rings is 2. The van der Waals surface area contributed by atoms with E-state index in [1.54, 1.807) is 20.8 Å². The maximum Gasteiger partial charge on any atom is 0.514 e. The SMILES string of the molecule is Cc1cc2nn(-c3c(Cl)c(Cl)c(Cl)c(Cl)c3OC(=O)OC(C)(C)C)nc2cc1C. The lowest BCUT2D eigenvalue weighted by atomic mass is 10.1. The van der Waals surface area contributed by atoms with Gasteiger partial charge in [-0.2, -0.15) is 0 Å². The van der Waals surface area contributed by atoms with Crippen molar-refractivity contribution in [1.29, 1.82) is 0 Å². The van der Waals surface area contributed by atoms with E-state index >= 15 is 0 Å². The highest BCUT2D eigenvalue weighted by atomic mass is 35.5. The van der Waals surface area contributed by atoms with Crippen LogP contribution in [0, 0.1) is 13.8 Å². The zero-order chi connectivity index (χ0) is 21.7. The lowest BCUT2D eigenvalue weighted by Gasteiger charge is -2.20. The maximum atomic E-state index is 12.3. The summed E-state index contributed by atoms with van der Waals surface area (Å²) < 4.78 is 10.5. The van der Waals surface area contributed by atoms with E-state index in [2.05, 4.69) is 10.2 Å². The molecular weight excluding hydrogens is 460 g/mol. The summed E-state index contributed by atoms with van der Waals surface area (Å²) in [6, 6.07) is 3.77. The third kappa shape index (κ3) is 4.40. The van der Waals surface area contributed by atoms with Crippen LogP contribution in [0.1, 0.15) is 31.9 Å². The molecular formula is C19H17Cl4N3O3. The average Bonchev–Trinajstić information content (AvgIpc) is 2.98. The fourth-order valence-electron chi connectivity index (χ4n) is 2.50. The van der Waals surface area contributed by atoms with Crippen LogP contribution in [-0.2, 0) is 4.74 Å². The number of hydrogen-bond acceptors (Lipinski definition) is 5. The molecule has 29 heavy (non-hydrogen) atoms. The number of halogens is 4. The molecule has 1 heterocycles. The van der Waals surface area contributed by atoms with Gasteiger partial charge in [0.25, 0.3) is 0 Å². The number of aryl methyl sites for hydroxylation is 2. The highest BCUT2D eigenvalue weighted by molar-refractivity contribution is 6.53. The summed E-state index contributed by atoms with van der Waals surface area (Å²) in [6.07, 6.45) is -0.987. The monoisotopic (exact) mass is 475 g/mol. The minimum absolute atomic E-state index is 0.0152. The van der Waals surface area contributed by atoms with Crippen LogP contribution in [0.15, 0.2) is 12.1 Å². The van der Waals surface area contributed by atoms with Gasteiger partial charge >= 0.3 is 6.16 Å². The molecule has 0 atom stereocenters. The summed E-state index contributed by atoms with van der Waals surface area (Å²) in [6.45, 7) is 9.03. The van der Waals surface area contributed by atoms with Crippen molar-refractivity contribution < 1.29 is 14.3 Å². The van der Waals surface area contributed by atoms with Crippen LogP contribution < -0.4 is 4.74 Å². The van der Waals surface area contributed by atoms with Gasteiger partial charge in [-0.25, -0.2) is 4.79 Å². The first-order chi connectivity index (χ1) is 13.4. The number of carbonyl (C=O) groups is 1. The molecule has 0 aliphatic rings. The van der Waals surface area contributed by atoms with Crippen molar-refractivity contribution in [2.45, 2.75) is 40.2 Å². The quantitative estimate of drug-likeness (QED) is 0.173. The first-order valence-electron chi connectivity index (χ1n) is 8.50. The predicted octanol–water partition coefficient (Wildman–Crippen LogP) is 6.96. The van der Waals surface area contributed by atoms with Crippen LogP contribution in [0.2, 0.25) is 20.1 Å². The average molecular weight is 477 g/mol. The molecule has 0 aliphatic heterocycles. The molecule has 6 nitrogen and oxygen atoms in total. The Hall–Kier alpha value is -1.73. The third-order valence-corrected chi connectivity index (χ3v) is 5.75. The van der Waals surface area contributed by atoms with Crippen LogP contribution in [-0.4, -0.2) is 26.8 Å². The van der Waals surface area contributed by atoms with E-state index in [4.69, 9.17) is 55.9 Å². The van der Waals surface area contributed by atoms with Crippen LogP contribution in [0.4, 0.5) is 4.79 Å². The number of carbonyl (C=O) groups excluding carboxylic acids is 1. The summed E-state index contributed by atoms with van der Waals surface area (Å²) >= 11 is 25.1. The zero-order valence-corrected chi connectivity index (χ0v) is 19.3. The Kier molecular flexibility index (Phi) is 5.94. The van der Waals surface area contributed by atoms with Gasteiger partial charge in [-0.05, 0) is 57.9 Å². The molecule has 3 aromatic rings. The molecule has 0 bridgehead atoms. The molecule has 1 aromatic heterocycles. The Morgan fingerprint density at radius 2 is 1.38 bits per heavy atom. The second-order valence-corrected chi connectivity index (χ2v) is 8.93. The van der Waals surface area contributed by atoms with Crippen molar-refractivity contribution >= 4 is 63.6 Å². The van der Waals surface area contributed by atoms with Crippen LogP contribution in [0.25, 0.3) is 16.7 Å². The molecule has 154 valence electrons. The predicted molar refractivity (Wildman–Crippen MR) is 115 cm³/mol. The fraction of sp³-hybridized carbons (Fsp3) is 0.316. The lowest BCUT2D eigenvalue weighted by molar-refractivity contribution is 0.0206. The Morgan fingerprint density at radius 1 is 0.897 bits per heavy atom. The van der Waals surface area contributed by atoms with Crippen molar-refractivity contribution in [1.82, 2.24) is 15.0 Å². The van der Waals surface area contributed by atoms with Crippen molar-refractivity contribution in [2.24, 2.45) is 0 Å². The van der Waals surface area contributed by atoms with Gasteiger partial charge in [0.05, 0.1) is 15.1 Å². The van der Waals surface area contributed by atoms with Crippen molar-refractivity contribution in [3.8, 4) is 11.4 Å². The van der Waals surface area contributed by atoms with E-state index in [1.807, 2.05) is 26.0 Å². The van der Waals surface area contributed by atoms with E-state index in [9.17, 15) is 4.79 Å². The normalized spacial score (nSPS) is 11.8. The molecule has 10 heteroatoms. The van der Waals surface area contributed by atoms with E-state index < -0.39 is 11.8 Å². The Balaban J connectivity index is 2.21. The van der Waals surface area contributed by atoms with E-state index in [0.717, 1.165) is 11.1 Å². The Labute approximate surface area is 187 Å². The fourth-order valence-corrected chi connectivity index (χ4v) is 3.44. The van der Waals surface area contributed by atoms with E-state index in [0.29, 0.717) is 11.0 Å². The van der Waals surface area contributed by atoms with Crippen molar-refractivity contribution in [3.05, 3.63) is 43.4 Å². The highest BCUT2D eigenvalue weighted by Crippen LogP contribution is 2.47. The number of hydrogen-bond donors (Lipinski definition) is 0. The van der Waals surface area contributed by atoms with Crippen molar-refractivity contribution in [3.63, 3.8) is 0 Å². The van der Waals surface area contributed by atoms with Gasteiger partial charge in [0, 0.05) is 0 Å². The van der Waals surface area contributed by atoms with Gasteiger partial charge in [-0.3, -0.25) is 0 Å². The molecule has 2 aromatic carbocycles. The molecule has 0 aliphatic carbocycles. The zero-order valence-electron chi connectivity index (χ0n) is 16.2. The largest absolute Gasteiger partial charge is 0.514 e. The molecule has 0 N–H and O–H groups in total. The molecule has 0 radical (unpaired) electrons. The summed E-state index contributed by atoms with van der Waals surface area (Å²) in [5.74, 6) is -0.158. The second-order valence-electron chi connectivity index (χ2n) is 7.41. The summed E-state index contributed by atoms with van der Waals surface area (Å²) in [5, 5.41) is 8.64. The molecule has 0 fully saturated rings. The van der Waals surface area contributed by atoms with Gasteiger partial charge in [-0.15, -0.1) is 15.0 Å². The topological polar surface area (TPSA) is 66.2 Å². The summed E-state index contributed by atoms with van der Waals surface area (Å²) in [5.41, 5.74) is 2.63. The standard InChI is InChI=1S/C19H17Cl4N3O3/c1-8-6-10-11(7-9(8)2)25-26(24-10)16-14(22)12(20)13(21)15(23)17(16)28-18(27)29-19(3,4)5/h6-7H,1-5H3. The molecule has 0 saturated heterocycles. The Morgan fingerprint density at radius 3 is 1.86 bits per heavy atom. The Bertz CT molecular complexity index is 1100. The number of rotatable bonds is 2. The number of nitrogens with zero attached hydrogens (tertiary/aromatic N) is 3. The molecule has 0 spiro atoms. The molecule has 0 saturated carbocycles. The van der Waals surface area contributed by atoms with Crippen LogP contribution in [0.5, 0.6) is 5.75 Å². The van der Waals surface area contributed by atoms with E-state index in [-0.39, 0.29) is 31.5 Å². The van der Waals surface area contributed by atoms with Gasteiger partial charge in [0.2, 0.25) is 0 Å². The maximum absolute atomic E-state index is 12.3. The van der Waals surface area contributed by atoms with Gasteiger partial charge in [-0.1, -0.05) is 46.4 Å². The summed E-state index contributed by atoms with van der Waals surface area (Å²) in [7, 11) is 0. The first-order valence-corrected chi connectivity index (χ1v) is 10.0. The summed E-state index contributed by atoms with van der Waals surface area (Å²) in [4.78, 5) is 13.5. The van der Waals surface area contributed by atoms with Crippen molar-refractivity contribution in [2.75, 3.05) is 0 Å². The van der Waals surface area contributed by atoms with Crippen LogP contribution in [0.3, 0.4) is 0 Å². The molecule has 3 rings (SSSR count). The van der Waals surface area contributed by atoms with Gasteiger partial charge in [0.15, 0.2) is 11.4 Å². The molecule has 0 amide bonds. The third-order valence-electron chi connectivity index (χ3n) is 3.97. The number of fused-ring (bicyclic) bond motifs is 1. The van der Waals surface area contributed by atoms with E-state index in [1.165, 1.54) is 4.80 Å². The van der Waals surface area contributed by atoms with Gasteiger partial charge < -0.3 is 9.47 Å². The lowest BCUT2D eigenvalue weighted by Crippen LogP contribution is -2.26. The second kappa shape index (κ2) is 7.84. The minimum Gasteiger partial charge on any atom is -0.428 e. The van der Waals surface area contributed by atoms with Crippen LogP contribution >= 0.6 is 46.4 Å². The van der Waals surface area contributed by atoms with Gasteiger partial charge in [0.1, 0.15) is 21.7 Å². The smallest absolute Gasteiger partial charge is 0.428 e. The first kappa shape index (κ1) is 22.0. The number of aromatic nitrogens is 3.